The van der Waals surface area contributed by atoms with E-state index in [0.29, 0.717) is 11.8 Å². The summed E-state index contributed by atoms with van der Waals surface area (Å²) in [4.78, 5) is 12.1. The molecule has 3 N–H and O–H groups in total. The molecule has 1 fully saturated rings. The third kappa shape index (κ3) is 3.53. The quantitative estimate of drug-likeness (QED) is 0.862. The summed E-state index contributed by atoms with van der Waals surface area (Å²) in [7, 11) is 0. The Hall–Kier alpha value is -1.51. The van der Waals surface area contributed by atoms with E-state index in [-0.39, 0.29) is 5.91 Å². The third-order valence-electron chi connectivity index (χ3n) is 4.29. The van der Waals surface area contributed by atoms with Crippen molar-refractivity contribution in [3.8, 4) is 0 Å². The van der Waals surface area contributed by atoms with Gasteiger partial charge in [-0.15, -0.1) is 0 Å². The van der Waals surface area contributed by atoms with Gasteiger partial charge in [-0.25, -0.2) is 0 Å². The zero-order valence-corrected chi connectivity index (χ0v) is 12.6. The summed E-state index contributed by atoms with van der Waals surface area (Å²) < 4.78 is 0. The highest BCUT2D eigenvalue weighted by Gasteiger charge is 2.41. The van der Waals surface area contributed by atoms with Crippen molar-refractivity contribution in [2.75, 3.05) is 5.32 Å². The van der Waals surface area contributed by atoms with Crippen LogP contribution in [0.3, 0.4) is 0 Å². The van der Waals surface area contributed by atoms with Gasteiger partial charge in [-0.05, 0) is 43.2 Å². The summed E-state index contributed by atoms with van der Waals surface area (Å²) in [5, 5.41) is 3.42. The van der Waals surface area contributed by atoms with E-state index in [1.807, 2.05) is 30.3 Å². The van der Waals surface area contributed by atoms with E-state index in [1.54, 1.807) is 0 Å². The molecule has 1 aliphatic rings. The highest BCUT2D eigenvalue weighted by molar-refractivity contribution is 5.88. The molecule has 0 heterocycles. The van der Waals surface area contributed by atoms with Crippen molar-refractivity contribution in [1.82, 2.24) is 0 Å². The second kappa shape index (κ2) is 6.29. The van der Waals surface area contributed by atoms with E-state index < -0.39 is 5.54 Å². The van der Waals surface area contributed by atoms with E-state index >= 15 is 0 Å². The second-order valence-electron chi connectivity index (χ2n) is 6.53. The molecule has 1 aromatic rings. The zero-order chi connectivity index (χ0) is 14.6. The van der Waals surface area contributed by atoms with Crippen LogP contribution in [0, 0.1) is 11.8 Å². The van der Waals surface area contributed by atoms with Crippen LogP contribution in [0.1, 0.15) is 46.0 Å². The fourth-order valence-corrected chi connectivity index (χ4v) is 3.45. The number of amides is 1. The number of hydrogen-bond donors (Lipinski definition) is 2. The van der Waals surface area contributed by atoms with E-state index in [9.17, 15) is 4.79 Å². The summed E-state index contributed by atoms with van der Waals surface area (Å²) in [6.07, 6.45) is 5.15. The van der Waals surface area contributed by atoms with Crippen LogP contribution in [-0.2, 0) is 4.79 Å². The van der Waals surface area contributed by atoms with Crippen molar-refractivity contribution < 1.29 is 4.79 Å². The van der Waals surface area contributed by atoms with E-state index in [2.05, 4.69) is 19.2 Å². The van der Waals surface area contributed by atoms with Crippen LogP contribution >= 0.6 is 0 Å². The molecule has 1 saturated carbocycles. The van der Waals surface area contributed by atoms with Gasteiger partial charge in [0.2, 0.25) is 5.91 Å². The molecule has 1 amide bonds. The maximum Gasteiger partial charge on any atom is 0.243 e. The van der Waals surface area contributed by atoms with Crippen LogP contribution in [0.25, 0.3) is 0 Å². The van der Waals surface area contributed by atoms with Gasteiger partial charge in [0.15, 0.2) is 0 Å². The largest absolute Gasteiger partial charge is 0.371 e. The lowest BCUT2D eigenvalue weighted by atomic mass is 9.72. The monoisotopic (exact) mass is 274 g/mol. The van der Waals surface area contributed by atoms with Gasteiger partial charge in [-0.1, -0.05) is 44.9 Å². The molecule has 3 nitrogen and oxygen atoms in total. The van der Waals surface area contributed by atoms with Crippen molar-refractivity contribution in [3.63, 3.8) is 0 Å². The topological polar surface area (TPSA) is 55.1 Å². The second-order valence-corrected chi connectivity index (χ2v) is 6.53. The molecule has 2 unspecified atom stereocenters. The molecule has 2 atom stereocenters. The molecule has 1 aliphatic carbocycles. The summed E-state index contributed by atoms with van der Waals surface area (Å²) >= 11 is 0. The van der Waals surface area contributed by atoms with Crippen LogP contribution < -0.4 is 11.1 Å². The van der Waals surface area contributed by atoms with E-state index in [4.69, 9.17) is 5.73 Å². The third-order valence-corrected chi connectivity index (χ3v) is 4.29. The van der Waals surface area contributed by atoms with Gasteiger partial charge in [0.05, 0.1) is 0 Å². The smallest absolute Gasteiger partial charge is 0.243 e. The Bertz CT molecular complexity index is 444. The first-order valence-corrected chi connectivity index (χ1v) is 7.65. The lowest BCUT2D eigenvalue weighted by molar-refractivity contribution is -0.123. The predicted molar refractivity (Wildman–Crippen MR) is 83.4 cm³/mol. The van der Waals surface area contributed by atoms with Crippen LogP contribution in [0.5, 0.6) is 0 Å². The number of nitrogens with one attached hydrogen (secondary N) is 1. The van der Waals surface area contributed by atoms with Crippen molar-refractivity contribution >= 4 is 11.6 Å². The number of primary amides is 1. The minimum atomic E-state index is -0.570. The Morgan fingerprint density at radius 3 is 2.70 bits per heavy atom. The van der Waals surface area contributed by atoms with E-state index in [1.165, 1.54) is 12.8 Å². The Morgan fingerprint density at radius 1 is 1.40 bits per heavy atom. The lowest BCUT2D eigenvalue weighted by Gasteiger charge is -2.40. The number of carbonyl (C=O) groups excluding carboxylic acids is 1. The maximum absolute atomic E-state index is 12.1. The molecule has 2 rings (SSSR count). The highest BCUT2D eigenvalue weighted by Crippen LogP contribution is 2.37. The van der Waals surface area contributed by atoms with Crippen molar-refractivity contribution in [3.05, 3.63) is 30.3 Å². The number of anilines is 1. The summed E-state index contributed by atoms with van der Waals surface area (Å²) in [6.45, 7) is 4.48. The fourth-order valence-electron chi connectivity index (χ4n) is 3.45. The van der Waals surface area contributed by atoms with Gasteiger partial charge in [-0.2, -0.15) is 0 Å². The predicted octanol–water partition coefficient (Wildman–Crippen LogP) is 3.56. The Kier molecular flexibility index (Phi) is 4.69. The average Bonchev–Trinajstić information content (AvgIpc) is 2.39. The SMILES string of the molecule is CC(C)CC1CCCC(Nc2ccccc2)(C(N)=O)C1. The molecule has 0 bridgehead atoms. The molecule has 0 spiro atoms. The average molecular weight is 274 g/mol. The number of hydrogen-bond acceptors (Lipinski definition) is 2. The Morgan fingerprint density at radius 2 is 2.10 bits per heavy atom. The molecular weight excluding hydrogens is 248 g/mol. The minimum Gasteiger partial charge on any atom is -0.371 e. The Labute approximate surface area is 121 Å². The van der Waals surface area contributed by atoms with Crippen molar-refractivity contribution in [2.45, 2.75) is 51.5 Å². The van der Waals surface area contributed by atoms with Gasteiger partial charge in [0.1, 0.15) is 5.54 Å². The minimum absolute atomic E-state index is 0.213. The van der Waals surface area contributed by atoms with Crippen molar-refractivity contribution in [1.29, 1.82) is 0 Å². The summed E-state index contributed by atoms with van der Waals surface area (Å²) in [5.74, 6) is 1.04. The highest BCUT2D eigenvalue weighted by atomic mass is 16.1. The van der Waals surface area contributed by atoms with Gasteiger partial charge in [-0.3, -0.25) is 4.79 Å². The zero-order valence-electron chi connectivity index (χ0n) is 12.6. The maximum atomic E-state index is 12.1. The molecule has 20 heavy (non-hydrogen) atoms. The molecule has 0 aromatic heterocycles. The molecule has 0 saturated heterocycles. The number of benzene rings is 1. The van der Waals surface area contributed by atoms with Gasteiger partial charge < -0.3 is 11.1 Å². The molecule has 0 aliphatic heterocycles. The molecule has 0 radical (unpaired) electrons. The van der Waals surface area contributed by atoms with Gasteiger partial charge >= 0.3 is 0 Å². The molecule has 110 valence electrons. The van der Waals surface area contributed by atoms with Gasteiger partial charge in [0.25, 0.3) is 0 Å². The number of rotatable bonds is 5. The fraction of sp³-hybridized carbons (Fsp3) is 0.588. The number of para-hydroxylation sites is 1. The molecular formula is C17H26N2O. The molecule has 1 aromatic carbocycles. The first kappa shape index (κ1) is 14.9. The summed E-state index contributed by atoms with van der Waals surface area (Å²) in [6, 6.07) is 9.93. The number of nitrogens with two attached hydrogens (primary N) is 1. The lowest BCUT2D eigenvalue weighted by Crippen LogP contribution is -2.53. The van der Waals surface area contributed by atoms with Crippen LogP contribution in [0.2, 0.25) is 0 Å². The first-order valence-electron chi connectivity index (χ1n) is 7.65. The summed E-state index contributed by atoms with van der Waals surface area (Å²) in [5.41, 5.74) is 6.15. The standard InChI is InChI=1S/C17H26N2O/c1-13(2)11-14-7-6-10-17(12-14,16(18)20)19-15-8-4-3-5-9-15/h3-5,8-9,13-14,19H,6-7,10-12H2,1-2H3,(H2,18,20). The van der Waals surface area contributed by atoms with Crippen molar-refractivity contribution in [2.24, 2.45) is 17.6 Å². The Balaban J connectivity index is 2.15. The van der Waals surface area contributed by atoms with Crippen LogP contribution in [0.15, 0.2) is 30.3 Å². The normalized spacial score (nSPS) is 26.4. The van der Waals surface area contributed by atoms with Crippen LogP contribution in [0.4, 0.5) is 5.69 Å². The first-order chi connectivity index (χ1) is 9.52. The molecule has 3 heteroatoms. The number of carbonyl (C=O) groups is 1. The van der Waals surface area contributed by atoms with E-state index in [0.717, 1.165) is 24.9 Å². The van der Waals surface area contributed by atoms with Gasteiger partial charge in [0, 0.05) is 5.69 Å². The van der Waals surface area contributed by atoms with Crippen LogP contribution in [-0.4, -0.2) is 11.4 Å².